The summed E-state index contributed by atoms with van der Waals surface area (Å²) in [5, 5.41) is 3.30. The van der Waals surface area contributed by atoms with E-state index < -0.39 is 11.6 Å². The lowest BCUT2D eigenvalue weighted by Gasteiger charge is -2.10. The second-order valence-electron chi connectivity index (χ2n) is 5.65. The number of halogens is 3. The third kappa shape index (κ3) is 2.86. The molecule has 0 fully saturated rings. The maximum absolute atomic E-state index is 14.0. The van der Waals surface area contributed by atoms with E-state index in [1.54, 1.807) is 42.2 Å². The number of hydrogen-bond acceptors (Lipinski definition) is 4. The number of anilines is 2. The highest BCUT2D eigenvalue weighted by Gasteiger charge is 2.16. The number of aromatic nitrogens is 4. The molecule has 2 aromatic carbocycles. The first-order valence-electron chi connectivity index (χ1n) is 7.69. The van der Waals surface area contributed by atoms with Gasteiger partial charge < -0.3 is 9.88 Å². The minimum Gasteiger partial charge on any atom is -0.333 e. The van der Waals surface area contributed by atoms with Gasteiger partial charge in [-0.3, -0.25) is 0 Å². The van der Waals surface area contributed by atoms with Crippen molar-refractivity contribution in [2.24, 2.45) is 7.05 Å². The molecule has 0 aliphatic rings. The van der Waals surface area contributed by atoms with E-state index in [1.807, 2.05) is 0 Å². The molecule has 0 bridgehead atoms. The molecule has 0 atom stereocenters. The molecule has 0 amide bonds. The number of nitrogens with one attached hydrogen (secondary N) is 1. The fourth-order valence-corrected chi connectivity index (χ4v) is 2.68. The number of hydrogen-bond donors (Lipinski definition) is 1. The molecule has 2 aromatic heterocycles. The van der Waals surface area contributed by atoms with E-state index in [4.69, 9.17) is 11.6 Å². The Kier molecular flexibility index (Phi) is 4.00. The van der Waals surface area contributed by atoms with Gasteiger partial charge in [0.05, 0.1) is 6.33 Å². The summed E-state index contributed by atoms with van der Waals surface area (Å²) in [6.45, 7) is 0. The molecule has 4 aromatic rings. The molecule has 4 rings (SSSR count). The van der Waals surface area contributed by atoms with Crippen LogP contribution in [-0.2, 0) is 7.05 Å². The van der Waals surface area contributed by atoms with Crippen LogP contribution in [0.2, 0.25) is 5.02 Å². The Hall–Kier alpha value is -3.06. The van der Waals surface area contributed by atoms with Gasteiger partial charge in [0.2, 0.25) is 0 Å². The molecule has 130 valence electrons. The van der Waals surface area contributed by atoms with Crippen molar-refractivity contribution in [1.29, 1.82) is 0 Å². The van der Waals surface area contributed by atoms with Crippen LogP contribution in [0.3, 0.4) is 0 Å². The summed E-state index contributed by atoms with van der Waals surface area (Å²) in [7, 11) is 1.78. The maximum Gasteiger partial charge on any atom is 0.165 e. The van der Waals surface area contributed by atoms with E-state index in [0.29, 0.717) is 22.0 Å². The van der Waals surface area contributed by atoms with Gasteiger partial charge in [-0.2, -0.15) is 0 Å². The van der Waals surface area contributed by atoms with Gasteiger partial charge in [-0.15, -0.1) is 0 Å². The highest BCUT2D eigenvalue weighted by molar-refractivity contribution is 6.30. The maximum atomic E-state index is 14.0. The van der Waals surface area contributed by atoms with Crippen LogP contribution in [0.5, 0.6) is 0 Å². The van der Waals surface area contributed by atoms with Gasteiger partial charge in [-0.05, 0) is 36.4 Å². The number of rotatable bonds is 3. The van der Waals surface area contributed by atoms with Gasteiger partial charge >= 0.3 is 0 Å². The zero-order valence-corrected chi connectivity index (χ0v) is 14.3. The van der Waals surface area contributed by atoms with Crippen molar-refractivity contribution >= 4 is 34.3 Å². The second kappa shape index (κ2) is 6.34. The molecule has 8 heteroatoms. The molecule has 0 aliphatic carbocycles. The van der Waals surface area contributed by atoms with Crippen LogP contribution >= 0.6 is 11.6 Å². The van der Waals surface area contributed by atoms with Crippen LogP contribution in [0.25, 0.3) is 22.6 Å². The van der Waals surface area contributed by atoms with Gasteiger partial charge in [0.25, 0.3) is 0 Å². The van der Waals surface area contributed by atoms with Crippen molar-refractivity contribution in [3.63, 3.8) is 0 Å². The molecule has 5 nitrogen and oxygen atoms in total. The topological polar surface area (TPSA) is 55.6 Å². The average Bonchev–Trinajstić information content (AvgIpc) is 3.00. The lowest BCUT2D eigenvalue weighted by Crippen LogP contribution is -2.03. The molecule has 0 aliphatic heterocycles. The summed E-state index contributed by atoms with van der Waals surface area (Å²) in [4.78, 5) is 13.1. The SMILES string of the molecule is Cn1cnc2c(Nc3c(F)cccc3F)nc(-c3ccc(Cl)cc3)nc21. The molecular weight excluding hydrogens is 360 g/mol. The van der Waals surface area contributed by atoms with E-state index >= 15 is 0 Å². The Balaban J connectivity index is 1.89. The second-order valence-corrected chi connectivity index (χ2v) is 6.09. The summed E-state index contributed by atoms with van der Waals surface area (Å²) < 4.78 is 29.8. The van der Waals surface area contributed by atoms with Crippen LogP contribution in [-0.4, -0.2) is 19.5 Å². The van der Waals surface area contributed by atoms with E-state index in [9.17, 15) is 8.78 Å². The van der Waals surface area contributed by atoms with Crippen LogP contribution < -0.4 is 5.32 Å². The van der Waals surface area contributed by atoms with Crippen molar-refractivity contribution in [1.82, 2.24) is 19.5 Å². The van der Waals surface area contributed by atoms with Gasteiger partial charge in [-0.1, -0.05) is 17.7 Å². The lowest BCUT2D eigenvalue weighted by molar-refractivity contribution is 0.590. The summed E-state index contributed by atoms with van der Waals surface area (Å²) in [6, 6.07) is 10.6. The molecule has 2 heterocycles. The van der Waals surface area contributed by atoms with Crippen LogP contribution in [0.1, 0.15) is 0 Å². The molecule has 0 radical (unpaired) electrons. The van der Waals surface area contributed by atoms with Crippen molar-refractivity contribution in [3.8, 4) is 11.4 Å². The quantitative estimate of drug-likeness (QED) is 0.567. The van der Waals surface area contributed by atoms with Gasteiger partial charge in [0.1, 0.15) is 17.3 Å². The van der Waals surface area contributed by atoms with Crippen molar-refractivity contribution < 1.29 is 8.78 Å². The van der Waals surface area contributed by atoms with Crippen molar-refractivity contribution in [3.05, 3.63) is 65.4 Å². The average molecular weight is 372 g/mol. The third-order valence-corrected chi connectivity index (χ3v) is 4.12. The Morgan fingerprint density at radius 2 is 1.69 bits per heavy atom. The van der Waals surface area contributed by atoms with E-state index in [-0.39, 0.29) is 11.5 Å². The summed E-state index contributed by atoms with van der Waals surface area (Å²) in [5.74, 6) is -0.844. The zero-order chi connectivity index (χ0) is 18.3. The summed E-state index contributed by atoms with van der Waals surface area (Å²) >= 11 is 5.92. The van der Waals surface area contributed by atoms with Crippen LogP contribution in [0.15, 0.2) is 48.8 Å². The third-order valence-electron chi connectivity index (χ3n) is 3.87. The first kappa shape index (κ1) is 16.4. The molecule has 0 saturated carbocycles. The summed E-state index contributed by atoms with van der Waals surface area (Å²) in [6.07, 6.45) is 1.56. The molecular formula is C18H12ClF2N5. The number of benzene rings is 2. The Morgan fingerprint density at radius 3 is 2.38 bits per heavy atom. The first-order chi connectivity index (χ1) is 12.5. The van der Waals surface area contributed by atoms with Crippen molar-refractivity contribution in [2.75, 3.05) is 5.32 Å². The highest BCUT2D eigenvalue weighted by Crippen LogP contribution is 2.29. The number of fused-ring (bicyclic) bond motifs is 1. The molecule has 0 unspecified atom stereocenters. The number of para-hydroxylation sites is 1. The Morgan fingerprint density at radius 1 is 1.00 bits per heavy atom. The fourth-order valence-electron chi connectivity index (χ4n) is 2.56. The smallest absolute Gasteiger partial charge is 0.165 e. The van der Waals surface area contributed by atoms with E-state index in [1.165, 1.54) is 18.2 Å². The normalized spacial score (nSPS) is 11.1. The number of nitrogens with zero attached hydrogens (tertiary/aromatic N) is 4. The van der Waals surface area contributed by atoms with Gasteiger partial charge in [0, 0.05) is 17.6 Å². The van der Waals surface area contributed by atoms with Gasteiger partial charge in [-0.25, -0.2) is 23.7 Å². The number of aryl methyl sites for hydroxylation is 1. The monoisotopic (exact) mass is 371 g/mol. The predicted octanol–water partition coefficient (Wildman–Crippen LogP) is 4.71. The molecule has 0 saturated heterocycles. The largest absolute Gasteiger partial charge is 0.333 e. The van der Waals surface area contributed by atoms with Crippen LogP contribution in [0.4, 0.5) is 20.3 Å². The Labute approximate surface area is 152 Å². The summed E-state index contributed by atoms with van der Waals surface area (Å²) in [5.41, 5.74) is 1.37. The first-order valence-corrected chi connectivity index (χ1v) is 8.07. The van der Waals surface area contributed by atoms with E-state index in [2.05, 4.69) is 20.3 Å². The zero-order valence-electron chi connectivity index (χ0n) is 13.5. The van der Waals surface area contributed by atoms with Crippen LogP contribution in [0, 0.1) is 11.6 Å². The minimum atomic E-state index is -0.722. The fraction of sp³-hybridized carbons (Fsp3) is 0.0556. The highest BCUT2D eigenvalue weighted by atomic mass is 35.5. The number of imidazole rings is 1. The van der Waals surface area contributed by atoms with Crippen molar-refractivity contribution in [2.45, 2.75) is 0 Å². The van der Waals surface area contributed by atoms with Gasteiger partial charge in [0.15, 0.2) is 22.8 Å². The minimum absolute atomic E-state index is 0.213. The van der Waals surface area contributed by atoms with E-state index in [0.717, 1.165) is 5.56 Å². The molecule has 26 heavy (non-hydrogen) atoms. The molecule has 1 N–H and O–H groups in total. The predicted molar refractivity (Wildman–Crippen MR) is 96.4 cm³/mol. The Bertz CT molecular complexity index is 1090. The standard InChI is InChI=1S/C18H12ClF2N5/c1-26-9-22-15-17(23-14-12(20)3-2-4-13(14)21)24-16(25-18(15)26)10-5-7-11(19)8-6-10/h2-9H,1H3,(H,23,24,25). The molecule has 0 spiro atoms. The lowest BCUT2D eigenvalue weighted by atomic mass is 10.2.